The molecule has 1 aromatic rings. The number of hydrogen-bond donors (Lipinski definition) is 1. The summed E-state index contributed by atoms with van der Waals surface area (Å²) in [4.78, 5) is 4.45. The van der Waals surface area contributed by atoms with E-state index in [1.807, 2.05) is 0 Å². The van der Waals surface area contributed by atoms with E-state index in [1.54, 1.807) is 0 Å². The minimum Gasteiger partial charge on any atom is -0.370 e. The van der Waals surface area contributed by atoms with Crippen LogP contribution in [-0.2, 0) is 4.74 Å². The normalized spacial score (nSPS) is 28.9. The maximum atomic E-state index is 5.53. The van der Waals surface area contributed by atoms with Gasteiger partial charge in [-0.3, -0.25) is 0 Å². The lowest BCUT2D eigenvalue weighted by Gasteiger charge is -2.19. The van der Waals surface area contributed by atoms with Crippen molar-refractivity contribution in [3.8, 4) is 0 Å². The fourth-order valence-corrected chi connectivity index (χ4v) is 2.36. The predicted molar refractivity (Wildman–Crippen MR) is 64.1 cm³/mol. The number of nitrogens with zero attached hydrogens (tertiary/aromatic N) is 2. The van der Waals surface area contributed by atoms with Crippen molar-refractivity contribution in [3.05, 3.63) is 11.7 Å². The van der Waals surface area contributed by atoms with Crippen LogP contribution in [-0.4, -0.2) is 23.3 Å². The highest BCUT2D eigenvalue weighted by Gasteiger charge is 2.26. The molecule has 1 aromatic heterocycles. The number of piperidine rings is 1. The first-order valence-corrected chi connectivity index (χ1v) is 6.12. The lowest BCUT2D eigenvalue weighted by atomic mass is 10.1. The highest BCUT2D eigenvalue weighted by atomic mass is 35.5. The second-order valence-corrected chi connectivity index (χ2v) is 4.49. The number of ether oxygens (including phenoxy) is 1. The zero-order valence-corrected chi connectivity index (χ0v) is 10.5. The van der Waals surface area contributed by atoms with Crippen molar-refractivity contribution >= 4 is 12.4 Å². The van der Waals surface area contributed by atoms with Crippen molar-refractivity contribution in [3.63, 3.8) is 0 Å². The lowest BCUT2D eigenvalue weighted by molar-refractivity contribution is 0.103. The molecule has 96 valence electrons. The molecule has 5 nitrogen and oxygen atoms in total. The molecular formula is C11H18ClN3O2. The fraction of sp³-hybridized carbons (Fsp3) is 0.818. The standard InChI is InChI=1S/C11H17N3O2.ClH/c1-2-6-12-8(4-1)11-13-10(14-16-11)9-5-3-7-15-9;/h8-9,12H,1-7H2;1H/t8-,9?;/m1./s1. The van der Waals surface area contributed by atoms with Crippen molar-refractivity contribution in [1.29, 1.82) is 0 Å². The first-order valence-electron chi connectivity index (χ1n) is 6.12. The summed E-state index contributed by atoms with van der Waals surface area (Å²) < 4.78 is 10.8. The molecule has 0 saturated carbocycles. The minimum absolute atomic E-state index is 0. The van der Waals surface area contributed by atoms with Gasteiger partial charge in [0.15, 0.2) is 0 Å². The molecule has 2 saturated heterocycles. The molecule has 17 heavy (non-hydrogen) atoms. The van der Waals surface area contributed by atoms with Gasteiger partial charge >= 0.3 is 0 Å². The average Bonchev–Trinajstić information content (AvgIpc) is 3.01. The zero-order valence-electron chi connectivity index (χ0n) is 9.72. The summed E-state index contributed by atoms with van der Waals surface area (Å²) in [6.07, 6.45) is 5.72. The van der Waals surface area contributed by atoms with E-state index in [1.165, 1.54) is 12.8 Å². The summed E-state index contributed by atoms with van der Waals surface area (Å²) in [6.45, 7) is 1.86. The highest BCUT2D eigenvalue weighted by molar-refractivity contribution is 5.85. The van der Waals surface area contributed by atoms with Gasteiger partial charge in [0, 0.05) is 6.61 Å². The Morgan fingerprint density at radius 1 is 1.18 bits per heavy atom. The van der Waals surface area contributed by atoms with E-state index < -0.39 is 0 Å². The third-order valence-electron chi connectivity index (χ3n) is 3.28. The van der Waals surface area contributed by atoms with Gasteiger partial charge in [-0.1, -0.05) is 11.6 Å². The van der Waals surface area contributed by atoms with Crippen molar-refractivity contribution in [1.82, 2.24) is 15.5 Å². The van der Waals surface area contributed by atoms with Crippen LogP contribution in [0.2, 0.25) is 0 Å². The van der Waals surface area contributed by atoms with Gasteiger partial charge in [-0.15, -0.1) is 12.4 Å². The van der Waals surface area contributed by atoms with Gasteiger partial charge in [0.25, 0.3) is 0 Å². The van der Waals surface area contributed by atoms with E-state index in [0.717, 1.165) is 44.1 Å². The Morgan fingerprint density at radius 3 is 2.82 bits per heavy atom. The van der Waals surface area contributed by atoms with Crippen molar-refractivity contribution in [2.45, 2.75) is 44.2 Å². The minimum atomic E-state index is 0. The molecular weight excluding hydrogens is 242 g/mol. The third-order valence-corrected chi connectivity index (χ3v) is 3.28. The van der Waals surface area contributed by atoms with Crippen LogP contribution < -0.4 is 5.32 Å². The summed E-state index contributed by atoms with van der Waals surface area (Å²) >= 11 is 0. The fourth-order valence-electron chi connectivity index (χ4n) is 2.36. The van der Waals surface area contributed by atoms with Gasteiger partial charge in [0.1, 0.15) is 6.10 Å². The maximum absolute atomic E-state index is 5.53. The number of hydrogen-bond acceptors (Lipinski definition) is 5. The summed E-state index contributed by atoms with van der Waals surface area (Å²) in [6, 6.07) is 0.247. The second kappa shape index (κ2) is 5.80. The quantitative estimate of drug-likeness (QED) is 0.882. The third kappa shape index (κ3) is 2.78. The van der Waals surface area contributed by atoms with Crippen LogP contribution in [0, 0.1) is 0 Å². The Labute approximate surface area is 107 Å². The average molecular weight is 260 g/mol. The molecule has 0 amide bonds. The van der Waals surface area contributed by atoms with E-state index in [2.05, 4.69) is 15.5 Å². The molecule has 0 aromatic carbocycles. The predicted octanol–water partition coefficient (Wildman–Crippen LogP) is 2.16. The Hall–Kier alpha value is -0.650. The Kier molecular flexibility index (Phi) is 4.36. The Morgan fingerprint density at radius 2 is 2.12 bits per heavy atom. The number of halogens is 1. The first kappa shape index (κ1) is 12.8. The number of aromatic nitrogens is 2. The van der Waals surface area contributed by atoms with Gasteiger partial charge in [0.05, 0.1) is 6.04 Å². The molecule has 0 spiro atoms. The number of rotatable bonds is 2. The Balaban J connectivity index is 0.00000108. The topological polar surface area (TPSA) is 60.2 Å². The zero-order chi connectivity index (χ0) is 10.8. The Bertz CT molecular complexity index is 346. The molecule has 1 N–H and O–H groups in total. The molecule has 2 aliphatic heterocycles. The molecule has 2 fully saturated rings. The molecule has 2 atom stereocenters. The maximum Gasteiger partial charge on any atom is 0.243 e. The van der Waals surface area contributed by atoms with Crippen LogP contribution in [0.15, 0.2) is 4.52 Å². The first-order chi connectivity index (χ1) is 7.93. The van der Waals surface area contributed by atoms with E-state index in [0.29, 0.717) is 0 Å². The van der Waals surface area contributed by atoms with Gasteiger partial charge in [-0.05, 0) is 32.2 Å². The molecule has 0 bridgehead atoms. The van der Waals surface area contributed by atoms with Gasteiger partial charge < -0.3 is 14.6 Å². The van der Waals surface area contributed by atoms with Crippen LogP contribution in [0.5, 0.6) is 0 Å². The summed E-state index contributed by atoms with van der Waals surface area (Å²) in [5, 5.41) is 7.42. The second-order valence-electron chi connectivity index (χ2n) is 4.49. The molecule has 2 aliphatic rings. The van der Waals surface area contributed by atoms with Crippen LogP contribution in [0.25, 0.3) is 0 Å². The van der Waals surface area contributed by atoms with Crippen LogP contribution in [0.1, 0.15) is 56.0 Å². The SMILES string of the molecule is C1CC[C@H](c2nc(C3CCCO3)no2)NC1.Cl. The highest BCUT2D eigenvalue weighted by Crippen LogP contribution is 2.28. The van der Waals surface area contributed by atoms with E-state index >= 15 is 0 Å². The summed E-state index contributed by atoms with van der Waals surface area (Å²) in [5.74, 6) is 1.45. The van der Waals surface area contributed by atoms with E-state index in [-0.39, 0.29) is 24.6 Å². The molecule has 0 radical (unpaired) electrons. The monoisotopic (exact) mass is 259 g/mol. The molecule has 3 heterocycles. The van der Waals surface area contributed by atoms with Crippen molar-refractivity contribution in [2.24, 2.45) is 0 Å². The molecule has 3 rings (SSSR count). The number of nitrogens with one attached hydrogen (secondary N) is 1. The lowest BCUT2D eigenvalue weighted by Crippen LogP contribution is -2.27. The van der Waals surface area contributed by atoms with Crippen LogP contribution in [0.4, 0.5) is 0 Å². The van der Waals surface area contributed by atoms with E-state index in [9.17, 15) is 0 Å². The van der Waals surface area contributed by atoms with Gasteiger partial charge in [-0.2, -0.15) is 4.98 Å². The molecule has 0 aliphatic carbocycles. The summed E-state index contributed by atoms with van der Waals surface area (Å²) in [5.41, 5.74) is 0. The van der Waals surface area contributed by atoms with Gasteiger partial charge in [0.2, 0.25) is 11.7 Å². The van der Waals surface area contributed by atoms with Crippen molar-refractivity contribution in [2.75, 3.05) is 13.2 Å². The van der Waals surface area contributed by atoms with Crippen molar-refractivity contribution < 1.29 is 9.26 Å². The largest absolute Gasteiger partial charge is 0.370 e. The van der Waals surface area contributed by atoms with Crippen LogP contribution >= 0.6 is 12.4 Å². The van der Waals surface area contributed by atoms with Crippen LogP contribution in [0.3, 0.4) is 0 Å². The van der Waals surface area contributed by atoms with Gasteiger partial charge in [-0.25, -0.2) is 0 Å². The van der Waals surface area contributed by atoms with E-state index in [4.69, 9.17) is 9.26 Å². The summed E-state index contributed by atoms with van der Waals surface area (Å²) in [7, 11) is 0. The molecule has 1 unspecified atom stereocenters. The smallest absolute Gasteiger partial charge is 0.243 e. The molecule has 6 heteroatoms.